The second-order valence-electron chi connectivity index (χ2n) is 8.61. The highest BCUT2D eigenvalue weighted by atomic mass is 16.2. The highest BCUT2D eigenvalue weighted by Gasteiger charge is 2.22. The van der Waals surface area contributed by atoms with Gasteiger partial charge < -0.3 is 4.57 Å². The zero-order chi connectivity index (χ0) is 23.3. The van der Waals surface area contributed by atoms with Crippen LogP contribution in [0.3, 0.4) is 0 Å². The van der Waals surface area contributed by atoms with Crippen LogP contribution in [-0.2, 0) is 20.6 Å². The van der Waals surface area contributed by atoms with Gasteiger partial charge >= 0.3 is 5.69 Å². The molecule has 5 aromatic rings. The molecule has 7 heteroatoms. The summed E-state index contributed by atoms with van der Waals surface area (Å²) in [5.74, 6) is 0.925. The summed E-state index contributed by atoms with van der Waals surface area (Å²) in [4.78, 5) is 30.2. The fourth-order valence-electron chi connectivity index (χ4n) is 4.81. The fraction of sp³-hybridized carbons (Fsp3) is 0.269. The standard InChI is InChI=1S/C26H27N5O2/c1-17-18(2)31-22-23(28(3)26(33)29(4)24(22)32)27-25(31)30(17)16-15-21(19-11-7-5-8-12-19)20-13-9-6-10-14-20/h5-14,21H,15-16H2,1-4H3. The number of nitrogens with zero attached hydrogens (tertiary/aromatic N) is 5. The molecule has 0 N–H and O–H groups in total. The molecule has 3 aromatic heterocycles. The first-order chi connectivity index (χ1) is 15.9. The van der Waals surface area contributed by atoms with Gasteiger partial charge in [-0.15, -0.1) is 0 Å². The summed E-state index contributed by atoms with van der Waals surface area (Å²) in [7, 11) is 3.16. The van der Waals surface area contributed by atoms with E-state index in [1.807, 2.05) is 23.5 Å². The predicted octanol–water partition coefficient (Wildman–Crippen LogP) is 3.53. The third-order valence-electron chi connectivity index (χ3n) is 6.79. The molecule has 168 valence electrons. The maximum Gasteiger partial charge on any atom is 0.332 e. The molecule has 0 bridgehead atoms. The van der Waals surface area contributed by atoms with E-state index in [1.165, 1.54) is 22.7 Å². The molecule has 0 unspecified atom stereocenters. The second kappa shape index (κ2) is 7.92. The molecule has 0 radical (unpaired) electrons. The quantitative estimate of drug-likeness (QED) is 0.419. The zero-order valence-corrected chi connectivity index (χ0v) is 19.3. The van der Waals surface area contributed by atoms with Gasteiger partial charge in [0.25, 0.3) is 5.56 Å². The van der Waals surface area contributed by atoms with Crippen molar-refractivity contribution in [1.82, 2.24) is 23.1 Å². The lowest BCUT2D eigenvalue weighted by Gasteiger charge is -2.19. The number of hydrogen-bond donors (Lipinski definition) is 0. The van der Waals surface area contributed by atoms with E-state index in [-0.39, 0.29) is 17.2 Å². The van der Waals surface area contributed by atoms with Gasteiger partial charge in [0.05, 0.1) is 0 Å². The lowest BCUT2D eigenvalue weighted by Crippen LogP contribution is -2.37. The average molecular weight is 442 g/mol. The summed E-state index contributed by atoms with van der Waals surface area (Å²) < 4.78 is 6.65. The first-order valence-corrected chi connectivity index (χ1v) is 11.1. The van der Waals surface area contributed by atoms with Crippen molar-refractivity contribution in [2.45, 2.75) is 32.7 Å². The molecule has 0 atom stereocenters. The third kappa shape index (κ3) is 3.23. The molecular weight excluding hydrogens is 414 g/mol. The Balaban J connectivity index is 1.64. The van der Waals surface area contributed by atoms with Crippen LogP contribution >= 0.6 is 0 Å². The van der Waals surface area contributed by atoms with Crippen LogP contribution in [-0.4, -0.2) is 23.1 Å². The summed E-state index contributed by atoms with van der Waals surface area (Å²) >= 11 is 0. The molecule has 33 heavy (non-hydrogen) atoms. The zero-order valence-electron chi connectivity index (χ0n) is 19.3. The Morgan fingerprint density at radius 1 is 0.818 bits per heavy atom. The molecule has 5 rings (SSSR count). The van der Waals surface area contributed by atoms with Crippen molar-refractivity contribution in [1.29, 1.82) is 0 Å². The molecule has 3 heterocycles. The van der Waals surface area contributed by atoms with Crippen LogP contribution in [0.15, 0.2) is 70.3 Å². The smallest absolute Gasteiger partial charge is 0.314 e. The number of hydrogen-bond acceptors (Lipinski definition) is 3. The molecule has 2 aromatic carbocycles. The van der Waals surface area contributed by atoms with Gasteiger partial charge in [-0.05, 0) is 31.4 Å². The normalized spacial score (nSPS) is 11.8. The van der Waals surface area contributed by atoms with E-state index in [0.717, 1.165) is 28.9 Å². The van der Waals surface area contributed by atoms with Gasteiger partial charge in [-0.1, -0.05) is 60.7 Å². The summed E-state index contributed by atoms with van der Waals surface area (Å²) in [6.45, 7) is 4.79. The minimum Gasteiger partial charge on any atom is -0.314 e. The lowest BCUT2D eigenvalue weighted by molar-refractivity contribution is 0.595. The number of rotatable bonds is 5. The van der Waals surface area contributed by atoms with E-state index < -0.39 is 0 Å². The third-order valence-corrected chi connectivity index (χ3v) is 6.79. The van der Waals surface area contributed by atoms with Crippen LogP contribution in [0.2, 0.25) is 0 Å². The maximum absolute atomic E-state index is 13.0. The average Bonchev–Trinajstić information content (AvgIpc) is 3.34. The number of benzene rings is 2. The monoisotopic (exact) mass is 441 g/mol. The number of imidazole rings is 2. The van der Waals surface area contributed by atoms with Gasteiger partial charge in [-0.3, -0.25) is 18.3 Å². The molecule has 0 spiro atoms. The fourth-order valence-corrected chi connectivity index (χ4v) is 4.81. The Morgan fingerprint density at radius 2 is 1.39 bits per heavy atom. The van der Waals surface area contributed by atoms with Gasteiger partial charge in [-0.2, -0.15) is 4.98 Å². The van der Waals surface area contributed by atoms with Crippen LogP contribution < -0.4 is 11.2 Å². The Labute approximate surface area is 191 Å². The molecule has 0 aliphatic rings. The van der Waals surface area contributed by atoms with Gasteiger partial charge in [0, 0.05) is 37.9 Å². The number of aryl methyl sites for hydroxylation is 3. The first kappa shape index (κ1) is 21.0. The van der Waals surface area contributed by atoms with Crippen molar-refractivity contribution in [3.8, 4) is 0 Å². The molecule has 0 aliphatic heterocycles. The van der Waals surface area contributed by atoms with Gasteiger partial charge in [-0.25, -0.2) is 4.79 Å². The van der Waals surface area contributed by atoms with E-state index in [9.17, 15) is 9.59 Å². The largest absolute Gasteiger partial charge is 0.332 e. The predicted molar refractivity (Wildman–Crippen MR) is 130 cm³/mol. The SMILES string of the molecule is Cc1c(C)n2c3c(=O)n(C)c(=O)n(C)c3nc2n1CCC(c1ccccc1)c1ccccc1. The van der Waals surface area contributed by atoms with Crippen molar-refractivity contribution in [3.05, 3.63) is 104 Å². The maximum atomic E-state index is 13.0. The van der Waals surface area contributed by atoms with Crippen LogP contribution in [0.4, 0.5) is 0 Å². The van der Waals surface area contributed by atoms with E-state index in [0.29, 0.717) is 16.9 Å². The second-order valence-corrected chi connectivity index (χ2v) is 8.61. The molecule has 0 amide bonds. The minimum atomic E-state index is -0.373. The van der Waals surface area contributed by atoms with Crippen molar-refractivity contribution >= 4 is 16.9 Å². The highest BCUT2D eigenvalue weighted by Crippen LogP contribution is 2.30. The van der Waals surface area contributed by atoms with E-state index >= 15 is 0 Å². The van der Waals surface area contributed by atoms with Crippen LogP contribution in [0.1, 0.15) is 34.9 Å². The molecule has 0 saturated heterocycles. The number of fused-ring (bicyclic) bond motifs is 3. The molecular formula is C26H27N5O2. The van der Waals surface area contributed by atoms with Gasteiger partial charge in [0.15, 0.2) is 11.2 Å². The number of aromatic nitrogens is 5. The van der Waals surface area contributed by atoms with Crippen molar-refractivity contribution in [2.75, 3.05) is 0 Å². The summed E-state index contributed by atoms with van der Waals surface area (Å²) in [6.07, 6.45) is 0.874. The summed E-state index contributed by atoms with van der Waals surface area (Å²) in [6, 6.07) is 21.1. The minimum absolute atomic E-state index is 0.233. The molecule has 0 fully saturated rings. The van der Waals surface area contributed by atoms with Gasteiger partial charge in [0.2, 0.25) is 5.78 Å². The Morgan fingerprint density at radius 3 is 1.97 bits per heavy atom. The summed E-state index contributed by atoms with van der Waals surface area (Å²) in [5, 5.41) is 0. The first-order valence-electron chi connectivity index (χ1n) is 11.1. The Bertz CT molecular complexity index is 1550. The Hall–Kier alpha value is -3.87. The molecule has 7 nitrogen and oxygen atoms in total. The van der Waals surface area contributed by atoms with Gasteiger partial charge in [0.1, 0.15) is 0 Å². The van der Waals surface area contributed by atoms with E-state index in [2.05, 4.69) is 60.0 Å². The topological polar surface area (TPSA) is 66.2 Å². The molecule has 0 aliphatic carbocycles. The summed E-state index contributed by atoms with van der Waals surface area (Å²) in [5.41, 5.74) is 4.72. The van der Waals surface area contributed by atoms with Crippen molar-refractivity contribution in [3.63, 3.8) is 0 Å². The van der Waals surface area contributed by atoms with Crippen molar-refractivity contribution in [2.24, 2.45) is 14.1 Å². The van der Waals surface area contributed by atoms with Crippen LogP contribution in [0.25, 0.3) is 16.9 Å². The van der Waals surface area contributed by atoms with E-state index in [1.54, 1.807) is 7.05 Å². The van der Waals surface area contributed by atoms with Crippen LogP contribution in [0, 0.1) is 13.8 Å². The molecule has 0 saturated carbocycles. The van der Waals surface area contributed by atoms with Crippen molar-refractivity contribution < 1.29 is 0 Å². The van der Waals surface area contributed by atoms with E-state index in [4.69, 9.17) is 4.98 Å². The highest BCUT2D eigenvalue weighted by molar-refractivity contribution is 5.76. The Kier molecular flexibility index (Phi) is 5.04. The van der Waals surface area contributed by atoms with Crippen LogP contribution in [0.5, 0.6) is 0 Å². The lowest BCUT2D eigenvalue weighted by atomic mass is 9.88.